The summed E-state index contributed by atoms with van der Waals surface area (Å²) in [5.41, 5.74) is 3.43. The molecular formula is C22H26N2O2. The molecule has 1 amide bonds. The predicted molar refractivity (Wildman–Crippen MR) is 102 cm³/mol. The summed E-state index contributed by atoms with van der Waals surface area (Å²) >= 11 is 0. The molecule has 1 N–H and O–H groups in total. The molecule has 1 unspecified atom stereocenters. The molecular weight excluding hydrogens is 324 g/mol. The van der Waals surface area contributed by atoms with E-state index in [-0.39, 0.29) is 28.8 Å². The van der Waals surface area contributed by atoms with E-state index in [1.807, 2.05) is 18.3 Å². The number of nitrogens with one attached hydrogen (secondary N) is 1. The Morgan fingerprint density at radius 3 is 2.62 bits per heavy atom. The topological polar surface area (TPSA) is 51.2 Å². The summed E-state index contributed by atoms with van der Waals surface area (Å²) in [4.78, 5) is 16.8. The van der Waals surface area contributed by atoms with Crippen LogP contribution in [0.5, 0.6) is 5.75 Å². The van der Waals surface area contributed by atoms with Crippen LogP contribution < -0.4 is 10.1 Å². The van der Waals surface area contributed by atoms with Gasteiger partial charge in [0.2, 0.25) is 5.91 Å². The van der Waals surface area contributed by atoms with Crippen molar-refractivity contribution in [2.24, 2.45) is 16.7 Å². The molecule has 2 aromatic rings. The van der Waals surface area contributed by atoms with Crippen LogP contribution in [-0.4, -0.2) is 23.5 Å². The molecule has 26 heavy (non-hydrogen) atoms. The van der Waals surface area contributed by atoms with Crippen molar-refractivity contribution in [1.82, 2.24) is 10.3 Å². The van der Waals surface area contributed by atoms with Crippen LogP contribution in [0.3, 0.4) is 0 Å². The zero-order valence-electron chi connectivity index (χ0n) is 15.9. The molecule has 4 heteroatoms. The quantitative estimate of drug-likeness (QED) is 0.911. The third-order valence-corrected chi connectivity index (χ3v) is 6.59. The average molecular weight is 350 g/mol. The minimum absolute atomic E-state index is 0.0169. The van der Waals surface area contributed by atoms with E-state index >= 15 is 0 Å². The summed E-state index contributed by atoms with van der Waals surface area (Å²) < 4.78 is 6.20. The Morgan fingerprint density at radius 1 is 1.19 bits per heavy atom. The van der Waals surface area contributed by atoms with Crippen molar-refractivity contribution in [3.8, 4) is 16.9 Å². The van der Waals surface area contributed by atoms with Gasteiger partial charge in [-0.05, 0) is 22.5 Å². The lowest BCUT2D eigenvalue weighted by atomic mass is 10.0. The summed E-state index contributed by atoms with van der Waals surface area (Å²) in [6, 6.07) is 10.2. The number of pyridine rings is 1. The van der Waals surface area contributed by atoms with Gasteiger partial charge < -0.3 is 10.1 Å². The van der Waals surface area contributed by atoms with Crippen molar-refractivity contribution in [3.63, 3.8) is 0 Å². The normalized spacial score (nSPS) is 22.4. The van der Waals surface area contributed by atoms with E-state index in [1.165, 1.54) is 5.56 Å². The molecule has 0 radical (unpaired) electrons. The molecule has 1 atom stereocenters. The van der Waals surface area contributed by atoms with Gasteiger partial charge in [0.15, 0.2) is 0 Å². The number of carbonyl (C=O) groups excluding carboxylic acids is 1. The predicted octanol–water partition coefficient (Wildman–Crippen LogP) is 3.85. The second-order valence-electron chi connectivity index (χ2n) is 8.60. The van der Waals surface area contributed by atoms with Crippen LogP contribution in [0.4, 0.5) is 0 Å². The number of ether oxygens (including phenoxy) is 1. The number of amides is 1. The zero-order valence-corrected chi connectivity index (χ0v) is 15.9. The highest BCUT2D eigenvalue weighted by Crippen LogP contribution is 2.68. The van der Waals surface area contributed by atoms with Gasteiger partial charge >= 0.3 is 0 Å². The van der Waals surface area contributed by atoms with Crippen molar-refractivity contribution in [2.45, 2.75) is 40.2 Å². The molecule has 0 spiro atoms. The molecule has 136 valence electrons. The number of nitrogens with zero attached hydrogens (tertiary/aromatic N) is 1. The fraction of sp³-hybridized carbons (Fsp3) is 0.455. The standard InChI is InChI=1S/C22H26N2O2/c1-21(2)19(22(21,3)4)20(25)24-13-16-11-14-7-5-9-17(18(14)26-16)15-8-6-10-23-12-15/h5-10,12,16,19H,11,13H2,1-4H3,(H,24,25). The van der Waals surface area contributed by atoms with Crippen LogP contribution in [0.25, 0.3) is 11.1 Å². The number of para-hydroxylation sites is 1. The molecule has 1 aromatic carbocycles. The molecule has 4 rings (SSSR count). The van der Waals surface area contributed by atoms with Crippen LogP contribution in [0, 0.1) is 16.7 Å². The smallest absolute Gasteiger partial charge is 0.224 e. The van der Waals surface area contributed by atoms with E-state index in [9.17, 15) is 4.79 Å². The summed E-state index contributed by atoms with van der Waals surface area (Å²) in [6.45, 7) is 9.21. The van der Waals surface area contributed by atoms with Gasteiger partial charge in [-0.3, -0.25) is 9.78 Å². The van der Waals surface area contributed by atoms with Crippen LogP contribution in [-0.2, 0) is 11.2 Å². The van der Waals surface area contributed by atoms with Gasteiger partial charge in [-0.25, -0.2) is 0 Å². The van der Waals surface area contributed by atoms with Crippen molar-refractivity contribution < 1.29 is 9.53 Å². The first-order valence-electron chi connectivity index (χ1n) is 9.29. The number of rotatable bonds is 4. The molecule has 4 nitrogen and oxygen atoms in total. The molecule has 1 aromatic heterocycles. The highest BCUT2D eigenvalue weighted by Gasteiger charge is 2.68. The second kappa shape index (κ2) is 5.83. The Labute approximate surface area is 155 Å². The summed E-state index contributed by atoms with van der Waals surface area (Å²) in [5.74, 6) is 1.14. The lowest BCUT2D eigenvalue weighted by Gasteiger charge is -2.14. The lowest BCUT2D eigenvalue weighted by Crippen LogP contribution is -2.36. The van der Waals surface area contributed by atoms with E-state index in [0.29, 0.717) is 6.54 Å². The van der Waals surface area contributed by atoms with Gasteiger partial charge in [-0.15, -0.1) is 0 Å². The maximum atomic E-state index is 12.6. The largest absolute Gasteiger partial charge is 0.487 e. The molecule has 0 bridgehead atoms. The third-order valence-electron chi connectivity index (χ3n) is 6.59. The fourth-order valence-electron chi connectivity index (χ4n) is 4.37. The maximum absolute atomic E-state index is 12.6. The average Bonchev–Trinajstić information content (AvgIpc) is 2.90. The first-order chi connectivity index (χ1) is 12.3. The number of aromatic nitrogens is 1. The van der Waals surface area contributed by atoms with E-state index in [1.54, 1.807) is 6.20 Å². The summed E-state index contributed by atoms with van der Waals surface area (Å²) in [5, 5.41) is 3.12. The van der Waals surface area contributed by atoms with Crippen LogP contribution in [0.2, 0.25) is 0 Å². The van der Waals surface area contributed by atoms with Crippen molar-refractivity contribution in [1.29, 1.82) is 0 Å². The number of carbonyl (C=O) groups is 1. The molecule has 2 heterocycles. The van der Waals surface area contributed by atoms with Gasteiger partial charge in [0.05, 0.1) is 6.54 Å². The van der Waals surface area contributed by atoms with Gasteiger partial charge in [-0.2, -0.15) is 0 Å². The lowest BCUT2D eigenvalue weighted by molar-refractivity contribution is -0.123. The molecule has 1 aliphatic carbocycles. The molecule has 1 aliphatic heterocycles. The molecule has 0 saturated heterocycles. The first-order valence-corrected chi connectivity index (χ1v) is 9.29. The maximum Gasteiger partial charge on any atom is 0.224 e. The minimum atomic E-state index is -0.0169. The van der Waals surface area contributed by atoms with Crippen LogP contribution in [0.1, 0.15) is 33.3 Å². The SMILES string of the molecule is CC1(C)C(C(=O)NCC2Cc3cccc(-c4cccnc4)c3O2)C1(C)C. The van der Waals surface area contributed by atoms with E-state index in [4.69, 9.17) is 4.74 Å². The first kappa shape index (κ1) is 17.1. The highest BCUT2D eigenvalue weighted by atomic mass is 16.5. The molecule has 2 aliphatic rings. The fourth-order valence-corrected chi connectivity index (χ4v) is 4.37. The van der Waals surface area contributed by atoms with E-state index < -0.39 is 0 Å². The monoisotopic (exact) mass is 350 g/mol. The third kappa shape index (κ3) is 2.59. The Bertz CT molecular complexity index is 828. The number of hydrogen-bond acceptors (Lipinski definition) is 3. The number of hydrogen-bond donors (Lipinski definition) is 1. The highest BCUT2D eigenvalue weighted by molar-refractivity contribution is 5.84. The zero-order chi connectivity index (χ0) is 18.5. The van der Waals surface area contributed by atoms with Crippen molar-refractivity contribution in [2.75, 3.05) is 6.54 Å². The Morgan fingerprint density at radius 2 is 1.96 bits per heavy atom. The van der Waals surface area contributed by atoms with Gasteiger partial charge in [0, 0.05) is 35.9 Å². The van der Waals surface area contributed by atoms with Crippen LogP contribution in [0.15, 0.2) is 42.7 Å². The van der Waals surface area contributed by atoms with Crippen LogP contribution >= 0.6 is 0 Å². The minimum Gasteiger partial charge on any atom is -0.487 e. The summed E-state index contributed by atoms with van der Waals surface area (Å²) in [6.07, 6.45) is 4.43. The number of benzene rings is 1. The molecule has 1 saturated carbocycles. The van der Waals surface area contributed by atoms with Gasteiger partial charge in [0.1, 0.15) is 11.9 Å². The van der Waals surface area contributed by atoms with Crippen molar-refractivity contribution >= 4 is 5.91 Å². The number of fused-ring (bicyclic) bond motifs is 1. The Hall–Kier alpha value is -2.36. The second-order valence-corrected chi connectivity index (χ2v) is 8.60. The Balaban J connectivity index is 1.43. The van der Waals surface area contributed by atoms with E-state index in [2.05, 4.69) is 56.2 Å². The summed E-state index contributed by atoms with van der Waals surface area (Å²) in [7, 11) is 0. The van der Waals surface area contributed by atoms with Crippen molar-refractivity contribution in [3.05, 3.63) is 48.3 Å². The van der Waals surface area contributed by atoms with Gasteiger partial charge in [-0.1, -0.05) is 52.0 Å². The van der Waals surface area contributed by atoms with E-state index in [0.717, 1.165) is 23.3 Å². The molecule has 1 fully saturated rings. The Kier molecular flexibility index (Phi) is 3.83. The van der Waals surface area contributed by atoms with Gasteiger partial charge in [0.25, 0.3) is 0 Å².